The van der Waals surface area contributed by atoms with Crippen LogP contribution < -0.4 is 5.32 Å². The van der Waals surface area contributed by atoms with Gasteiger partial charge in [0.05, 0.1) is 12.2 Å². The molecule has 4 nitrogen and oxygen atoms in total. The molecule has 1 aromatic heterocycles. The monoisotopic (exact) mass is 286 g/mol. The summed E-state index contributed by atoms with van der Waals surface area (Å²) in [5, 5.41) is 3.36. The van der Waals surface area contributed by atoms with E-state index in [4.69, 9.17) is 4.74 Å². The molecule has 0 saturated carbocycles. The third-order valence-corrected chi connectivity index (χ3v) is 3.74. The Morgan fingerprint density at radius 3 is 2.67 bits per heavy atom. The summed E-state index contributed by atoms with van der Waals surface area (Å²) in [6, 6.07) is 9.58. The van der Waals surface area contributed by atoms with Crippen molar-refractivity contribution >= 4 is 11.7 Å². The van der Waals surface area contributed by atoms with Gasteiger partial charge in [0.1, 0.15) is 0 Å². The number of ether oxygens (including phenoxy) is 1. The van der Waals surface area contributed by atoms with Crippen LogP contribution >= 0.6 is 0 Å². The third-order valence-electron chi connectivity index (χ3n) is 3.74. The van der Waals surface area contributed by atoms with E-state index in [0.29, 0.717) is 12.2 Å². The van der Waals surface area contributed by atoms with Crippen LogP contribution in [0.5, 0.6) is 0 Å². The standard InChI is InChI=1S/C17H22N2O2/c1-5-21-17(20)14-7-6-8-16(10-14)18-11-15-9-12(2)19(4)13(15)3/h6-10,18H,5,11H2,1-4H3. The van der Waals surface area contributed by atoms with E-state index in [0.717, 1.165) is 12.2 Å². The largest absolute Gasteiger partial charge is 0.462 e. The fourth-order valence-electron chi connectivity index (χ4n) is 2.28. The summed E-state index contributed by atoms with van der Waals surface area (Å²) < 4.78 is 7.19. The van der Waals surface area contributed by atoms with E-state index >= 15 is 0 Å². The van der Waals surface area contributed by atoms with Crippen LogP contribution in [0.1, 0.15) is 34.2 Å². The highest BCUT2D eigenvalue weighted by Crippen LogP contribution is 2.17. The van der Waals surface area contributed by atoms with Gasteiger partial charge in [-0.05, 0) is 50.6 Å². The highest BCUT2D eigenvalue weighted by atomic mass is 16.5. The lowest BCUT2D eigenvalue weighted by molar-refractivity contribution is 0.0526. The molecule has 0 saturated heterocycles. The number of aromatic nitrogens is 1. The Kier molecular flexibility index (Phi) is 4.68. The van der Waals surface area contributed by atoms with Gasteiger partial charge < -0.3 is 14.6 Å². The molecule has 0 fully saturated rings. The van der Waals surface area contributed by atoms with E-state index in [1.807, 2.05) is 18.2 Å². The van der Waals surface area contributed by atoms with Crippen molar-refractivity contribution in [2.75, 3.05) is 11.9 Å². The topological polar surface area (TPSA) is 43.3 Å². The number of nitrogens with one attached hydrogen (secondary N) is 1. The SMILES string of the molecule is CCOC(=O)c1cccc(NCc2cc(C)n(C)c2C)c1. The summed E-state index contributed by atoms with van der Waals surface area (Å²) in [6.07, 6.45) is 0. The van der Waals surface area contributed by atoms with Crippen molar-refractivity contribution in [1.29, 1.82) is 0 Å². The molecule has 1 N–H and O–H groups in total. The Balaban J connectivity index is 2.08. The molecule has 0 aliphatic rings. The van der Waals surface area contributed by atoms with Gasteiger partial charge in [-0.1, -0.05) is 6.07 Å². The van der Waals surface area contributed by atoms with Gasteiger partial charge in [0.25, 0.3) is 0 Å². The Bertz CT molecular complexity index is 644. The second-order valence-corrected chi connectivity index (χ2v) is 5.11. The molecule has 0 aliphatic carbocycles. The zero-order valence-corrected chi connectivity index (χ0v) is 13.1. The number of esters is 1. The van der Waals surface area contributed by atoms with Gasteiger partial charge in [-0.2, -0.15) is 0 Å². The van der Waals surface area contributed by atoms with Crippen LogP contribution in [0.2, 0.25) is 0 Å². The Hall–Kier alpha value is -2.23. The summed E-state index contributed by atoms with van der Waals surface area (Å²) in [7, 11) is 2.07. The first-order valence-corrected chi connectivity index (χ1v) is 7.15. The van der Waals surface area contributed by atoms with Crippen LogP contribution in [0.3, 0.4) is 0 Å². The average Bonchev–Trinajstić information content (AvgIpc) is 2.73. The Morgan fingerprint density at radius 2 is 2.05 bits per heavy atom. The number of aryl methyl sites for hydroxylation is 1. The zero-order valence-electron chi connectivity index (χ0n) is 13.1. The Morgan fingerprint density at radius 1 is 1.29 bits per heavy atom. The average molecular weight is 286 g/mol. The normalized spacial score (nSPS) is 10.5. The van der Waals surface area contributed by atoms with Crippen molar-refractivity contribution < 1.29 is 9.53 Å². The van der Waals surface area contributed by atoms with Gasteiger partial charge in [0.2, 0.25) is 0 Å². The van der Waals surface area contributed by atoms with Crippen LogP contribution in [-0.2, 0) is 18.3 Å². The molecule has 4 heteroatoms. The van der Waals surface area contributed by atoms with Crippen molar-refractivity contribution in [2.45, 2.75) is 27.3 Å². The first kappa shape index (κ1) is 15.2. The molecule has 0 bridgehead atoms. The highest BCUT2D eigenvalue weighted by molar-refractivity contribution is 5.90. The fraction of sp³-hybridized carbons (Fsp3) is 0.353. The number of hydrogen-bond donors (Lipinski definition) is 1. The molecule has 112 valence electrons. The van der Waals surface area contributed by atoms with Gasteiger partial charge in [-0.25, -0.2) is 4.79 Å². The molecule has 0 atom stereocenters. The van der Waals surface area contributed by atoms with Gasteiger partial charge in [0.15, 0.2) is 0 Å². The summed E-state index contributed by atoms with van der Waals surface area (Å²) in [5.41, 5.74) is 5.24. The molecule has 0 radical (unpaired) electrons. The summed E-state index contributed by atoms with van der Waals surface area (Å²) in [6.45, 7) is 7.14. The van der Waals surface area contributed by atoms with Crippen LogP contribution in [0.25, 0.3) is 0 Å². The molecule has 21 heavy (non-hydrogen) atoms. The summed E-state index contributed by atoms with van der Waals surface area (Å²) >= 11 is 0. The predicted octanol–water partition coefficient (Wildman–Crippen LogP) is 3.43. The number of hydrogen-bond acceptors (Lipinski definition) is 3. The summed E-state index contributed by atoms with van der Waals surface area (Å²) in [5.74, 6) is -0.284. The number of rotatable bonds is 5. The lowest BCUT2D eigenvalue weighted by Crippen LogP contribution is -2.06. The number of nitrogens with zero attached hydrogens (tertiary/aromatic N) is 1. The lowest BCUT2D eigenvalue weighted by Gasteiger charge is -2.08. The second kappa shape index (κ2) is 6.48. The van der Waals surface area contributed by atoms with Crippen molar-refractivity contribution in [3.63, 3.8) is 0 Å². The van der Waals surface area contributed by atoms with E-state index in [1.165, 1.54) is 17.0 Å². The quantitative estimate of drug-likeness (QED) is 0.856. The van der Waals surface area contributed by atoms with Crippen molar-refractivity contribution in [3.05, 3.63) is 52.8 Å². The molecule has 1 aromatic carbocycles. The van der Waals surface area contributed by atoms with E-state index in [1.54, 1.807) is 13.0 Å². The molecular formula is C17H22N2O2. The fourth-order valence-corrected chi connectivity index (χ4v) is 2.28. The van der Waals surface area contributed by atoms with Crippen LogP contribution in [0.4, 0.5) is 5.69 Å². The molecule has 2 aromatic rings. The van der Waals surface area contributed by atoms with E-state index in [2.05, 4.69) is 36.8 Å². The molecule has 0 aliphatic heterocycles. The van der Waals surface area contributed by atoms with Crippen molar-refractivity contribution in [1.82, 2.24) is 4.57 Å². The van der Waals surface area contributed by atoms with Gasteiger partial charge >= 0.3 is 5.97 Å². The third kappa shape index (κ3) is 3.45. The minimum Gasteiger partial charge on any atom is -0.462 e. The first-order chi connectivity index (χ1) is 10.0. The minimum atomic E-state index is -0.284. The number of anilines is 1. The maximum Gasteiger partial charge on any atom is 0.338 e. The second-order valence-electron chi connectivity index (χ2n) is 5.11. The van der Waals surface area contributed by atoms with Gasteiger partial charge in [-0.3, -0.25) is 0 Å². The van der Waals surface area contributed by atoms with Gasteiger partial charge in [0, 0.05) is 30.7 Å². The number of carbonyl (C=O) groups is 1. The predicted molar refractivity (Wildman–Crippen MR) is 84.6 cm³/mol. The smallest absolute Gasteiger partial charge is 0.338 e. The molecule has 0 unspecified atom stereocenters. The van der Waals surface area contributed by atoms with Crippen LogP contribution in [0, 0.1) is 13.8 Å². The first-order valence-electron chi connectivity index (χ1n) is 7.15. The molecule has 0 amide bonds. The number of carbonyl (C=O) groups excluding carboxylic acids is 1. The molecular weight excluding hydrogens is 264 g/mol. The molecule has 1 heterocycles. The summed E-state index contributed by atoms with van der Waals surface area (Å²) in [4.78, 5) is 11.7. The zero-order chi connectivity index (χ0) is 15.4. The van der Waals surface area contributed by atoms with Crippen LogP contribution in [-0.4, -0.2) is 17.1 Å². The Labute approximate surface area is 125 Å². The van der Waals surface area contributed by atoms with Gasteiger partial charge in [-0.15, -0.1) is 0 Å². The molecule has 2 rings (SSSR count). The number of benzene rings is 1. The highest BCUT2D eigenvalue weighted by Gasteiger charge is 2.08. The lowest BCUT2D eigenvalue weighted by atomic mass is 10.2. The van der Waals surface area contributed by atoms with Crippen LogP contribution in [0.15, 0.2) is 30.3 Å². The maximum atomic E-state index is 11.7. The maximum absolute atomic E-state index is 11.7. The van der Waals surface area contributed by atoms with E-state index in [9.17, 15) is 4.79 Å². The van der Waals surface area contributed by atoms with Crippen molar-refractivity contribution in [2.24, 2.45) is 7.05 Å². The minimum absolute atomic E-state index is 0.284. The van der Waals surface area contributed by atoms with E-state index in [-0.39, 0.29) is 5.97 Å². The van der Waals surface area contributed by atoms with Crippen molar-refractivity contribution in [3.8, 4) is 0 Å². The molecule has 0 spiro atoms. The van der Waals surface area contributed by atoms with E-state index < -0.39 is 0 Å².